The largest absolute Gasteiger partial charge is 0.501 e. The molecule has 2 N–H and O–H groups in total. The zero-order valence-corrected chi connectivity index (χ0v) is 6.13. The second-order valence-electron chi connectivity index (χ2n) is 1.53. The molecule has 0 spiro atoms. The molecule has 0 amide bonds. The molecule has 0 saturated carbocycles. The predicted octanol–water partition coefficient (Wildman–Crippen LogP) is 0.672. The molecule has 0 aliphatic heterocycles. The van der Waals surface area contributed by atoms with E-state index in [2.05, 4.69) is 4.74 Å². The molecular weight excluding hydrogens is 143 g/mol. The average Bonchev–Trinajstić information content (AvgIpc) is 1.62. The highest BCUT2D eigenvalue weighted by Gasteiger charge is 2.07. The third-order valence-electron chi connectivity index (χ3n) is 0.672. The smallest absolute Gasteiger partial charge is 0.352 e. The van der Waals surface area contributed by atoms with Crippen molar-refractivity contribution in [1.29, 1.82) is 0 Å². The number of rotatable bonds is 2. The molecule has 0 aromatic carbocycles. The molecule has 0 rings (SSSR count). The molecule has 0 aliphatic carbocycles. The van der Waals surface area contributed by atoms with E-state index in [1.165, 1.54) is 14.0 Å². The zero-order chi connectivity index (χ0) is 7.49. The van der Waals surface area contributed by atoms with E-state index >= 15 is 0 Å². The summed E-state index contributed by atoms with van der Waals surface area (Å²) >= 11 is 0. The molecule has 4 nitrogen and oxygen atoms in total. The van der Waals surface area contributed by atoms with Gasteiger partial charge in [-0.1, -0.05) is 0 Å². The highest BCUT2D eigenvalue weighted by Crippen LogP contribution is 2.37. The quantitative estimate of drug-likeness (QED) is 0.450. The van der Waals surface area contributed by atoms with Crippen LogP contribution in [0.2, 0.25) is 0 Å². The first-order chi connectivity index (χ1) is 3.95. The first-order valence-corrected chi connectivity index (χ1v) is 3.92. The fraction of sp³-hybridized carbons (Fsp3) is 0.500. The van der Waals surface area contributed by atoms with Gasteiger partial charge in [0.05, 0.1) is 12.9 Å². The van der Waals surface area contributed by atoms with Gasteiger partial charge < -0.3 is 14.5 Å². The van der Waals surface area contributed by atoms with Gasteiger partial charge in [-0.15, -0.1) is 0 Å². The van der Waals surface area contributed by atoms with Crippen LogP contribution in [0.25, 0.3) is 0 Å². The van der Waals surface area contributed by atoms with Gasteiger partial charge in [-0.3, -0.25) is 4.57 Å². The minimum absolute atomic E-state index is 0.225. The van der Waals surface area contributed by atoms with Crippen molar-refractivity contribution in [2.45, 2.75) is 6.92 Å². The Kier molecular flexibility index (Phi) is 2.91. The standard InChI is InChI=1S/C4H9O4P/c1-4(8-2)3-9(5,6)7/h3H,1-2H3,(H2,5,6,7). The lowest BCUT2D eigenvalue weighted by molar-refractivity contribution is 0.292. The van der Waals surface area contributed by atoms with Gasteiger partial charge in [0.25, 0.3) is 0 Å². The van der Waals surface area contributed by atoms with E-state index in [0.717, 1.165) is 5.82 Å². The molecule has 0 radical (unpaired) electrons. The van der Waals surface area contributed by atoms with Crippen LogP contribution in [0.1, 0.15) is 6.92 Å². The Hall–Kier alpha value is -0.310. The molecule has 0 bridgehead atoms. The van der Waals surface area contributed by atoms with E-state index < -0.39 is 7.60 Å². The summed E-state index contributed by atoms with van der Waals surface area (Å²) in [5.74, 6) is 0.996. The number of ether oxygens (including phenoxy) is 1. The predicted molar refractivity (Wildman–Crippen MR) is 32.8 cm³/mol. The summed E-state index contributed by atoms with van der Waals surface area (Å²) in [5.41, 5.74) is 0. The van der Waals surface area contributed by atoms with E-state index in [9.17, 15) is 4.57 Å². The number of hydrogen-bond acceptors (Lipinski definition) is 2. The van der Waals surface area contributed by atoms with Gasteiger partial charge in [0, 0.05) is 0 Å². The lowest BCUT2D eigenvalue weighted by Gasteiger charge is -1.98. The summed E-state index contributed by atoms with van der Waals surface area (Å²) in [6.07, 6.45) is 0. The third kappa shape index (κ3) is 5.56. The van der Waals surface area contributed by atoms with Crippen molar-refractivity contribution in [3.8, 4) is 0 Å². The molecule has 9 heavy (non-hydrogen) atoms. The van der Waals surface area contributed by atoms with Gasteiger partial charge in [0.15, 0.2) is 0 Å². The molecule has 0 fully saturated rings. The van der Waals surface area contributed by atoms with Crippen molar-refractivity contribution in [3.05, 3.63) is 11.6 Å². The Morgan fingerprint density at radius 1 is 1.67 bits per heavy atom. The van der Waals surface area contributed by atoms with Gasteiger partial charge in [-0.25, -0.2) is 0 Å². The molecule has 0 atom stereocenters. The summed E-state index contributed by atoms with van der Waals surface area (Å²) in [4.78, 5) is 16.5. The Morgan fingerprint density at radius 3 is 2.22 bits per heavy atom. The Balaban J connectivity index is 4.13. The molecule has 0 aromatic rings. The van der Waals surface area contributed by atoms with Crippen LogP contribution in [-0.4, -0.2) is 16.9 Å². The van der Waals surface area contributed by atoms with Crippen LogP contribution in [0, 0.1) is 0 Å². The van der Waals surface area contributed by atoms with Gasteiger partial charge >= 0.3 is 7.60 Å². The minimum atomic E-state index is -4.03. The van der Waals surface area contributed by atoms with Crippen LogP contribution in [0.3, 0.4) is 0 Å². The molecule has 5 heteroatoms. The van der Waals surface area contributed by atoms with Crippen LogP contribution < -0.4 is 0 Å². The highest BCUT2D eigenvalue weighted by molar-refractivity contribution is 7.55. The molecule has 0 aliphatic rings. The fourth-order valence-electron chi connectivity index (χ4n) is 0.290. The van der Waals surface area contributed by atoms with E-state index in [1.54, 1.807) is 0 Å². The second-order valence-corrected chi connectivity index (χ2v) is 2.97. The van der Waals surface area contributed by atoms with Gasteiger partial charge in [-0.2, -0.15) is 0 Å². The van der Waals surface area contributed by atoms with Crippen LogP contribution in [0.4, 0.5) is 0 Å². The third-order valence-corrected chi connectivity index (χ3v) is 1.37. The molecule has 54 valence electrons. The van der Waals surface area contributed by atoms with Crippen molar-refractivity contribution in [2.75, 3.05) is 7.11 Å². The summed E-state index contributed by atoms with van der Waals surface area (Å²) in [6.45, 7) is 1.47. The lowest BCUT2D eigenvalue weighted by Crippen LogP contribution is -1.79. The Bertz CT molecular complexity index is 156. The molecule has 0 saturated heterocycles. The van der Waals surface area contributed by atoms with Gasteiger partial charge in [0.1, 0.15) is 5.76 Å². The van der Waals surface area contributed by atoms with Crippen molar-refractivity contribution < 1.29 is 19.1 Å². The maximum absolute atomic E-state index is 10.1. The highest BCUT2D eigenvalue weighted by atomic mass is 31.2. The first kappa shape index (κ1) is 8.69. The van der Waals surface area contributed by atoms with Crippen LogP contribution in [0.15, 0.2) is 11.6 Å². The summed E-state index contributed by atoms with van der Waals surface area (Å²) in [7, 11) is -2.68. The van der Waals surface area contributed by atoms with E-state index in [-0.39, 0.29) is 5.76 Å². The van der Waals surface area contributed by atoms with Crippen molar-refractivity contribution in [2.24, 2.45) is 0 Å². The maximum atomic E-state index is 10.1. The number of allylic oxidation sites excluding steroid dienone is 1. The van der Waals surface area contributed by atoms with Gasteiger partial charge in [0.2, 0.25) is 0 Å². The van der Waals surface area contributed by atoms with Crippen molar-refractivity contribution >= 4 is 7.60 Å². The van der Waals surface area contributed by atoms with Crippen LogP contribution in [-0.2, 0) is 9.30 Å². The summed E-state index contributed by atoms with van der Waals surface area (Å²) in [5, 5.41) is 0. The summed E-state index contributed by atoms with van der Waals surface area (Å²) < 4.78 is 14.6. The molecule has 0 unspecified atom stereocenters. The Morgan fingerprint density at radius 2 is 2.11 bits per heavy atom. The fourth-order valence-corrected chi connectivity index (χ4v) is 0.869. The van der Waals surface area contributed by atoms with Crippen LogP contribution >= 0.6 is 7.60 Å². The van der Waals surface area contributed by atoms with Gasteiger partial charge in [-0.05, 0) is 6.92 Å². The Labute approximate surface area is 53.3 Å². The normalized spacial score (nSPS) is 13.6. The number of methoxy groups -OCH3 is 1. The van der Waals surface area contributed by atoms with E-state index in [1.807, 2.05) is 0 Å². The average molecular weight is 152 g/mol. The van der Waals surface area contributed by atoms with Crippen LogP contribution in [0.5, 0.6) is 0 Å². The second kappa shape index (κ2) is 3.01. The van der Waals surface area contributed by atoms with E-state index in [0.29, 0.717) is 0 Å². The number of hydrogen-bond donors (Lipinski definition) is 2. The zero-order valence-electron chi connectivity index (χ0n) is 5.24. The molecular formula is C4H9O4P. The lowest BCUT2D eigenvalue weighted by atomic mass is 10.7. The maximum Gasteiger partial charge on any atom is 0.352 e. The topological polar surface area (TPSA) is 66.8 Å². The first-order valence-electron chi connectivity index (χ1n) is 2.24. The monoisotopic (exact) mass is 152 g/mol. The van der Waals surface area contributed by atoms with E-state index in [4.69, 9.17) is 9.79 Å². The van der Waals surface area contributed by atoms with Crippen molar-refractivity contribution in [1.82, 2.24) is 0 Å². The van der Waals surface area contributed by atoms with Crippen molar-refractivity contribution in [3.63, 3.8) is 0 Å². The SMILES string of the molecule is COC(C)=CP(=O)(O)O. The molecule has 0 aromatic heterocycles. The summed E-state index contributed by atoms with van der Waals surface area (Å²) in [6, 6.07) is 0. The minimum Gasteiger partial charge on any atom is -0.501 e. The molecule has 0 heterocycles.